The molecule has 0 saturated carbocycles. The first-order valence-electron chi connectivity index (χ1n) is 6.87. The van der Waals surface area contributed by atoms with E-state index >= 15 is 0 Å². The molecule has 18 heavy (non-hydrogen) atoms. The first-order chi connectivity index (χ1) is 8.59. The number of benzene rings is 1. The summed E-state index contributed by atoms with van der Waals surface area (Å²) in [6, 6.07) is 9.83. The standard InChI is InChI=1S/C16H27N2/c1-17(2)13-7-11-15-9-5-6-10-16(15)12-8-14-18(3)4/h5-6,9H,7-8,11-14H2,1-4H3. The van der Waals surface area contributed by atoms with E-state index in [2.05, 4.69) is 56.2 Å². The Hall–Kier alpha value is -0.860. The lowest BCUT2D eigenvalue weighted by atomic mass is 9.99. The van der Waals surface area contributed by atoms with Gasteiger partial charge in [-0.1, -0.05) is 18.2 Å². The molecule has 0 aromatic heterocycles. The Kier molecular flexibility index (Phi) is 6.99. The molecule has 0 fully saturated rings. The summed E-state index contributed by atoms with van der Waals surface area (Å²) in [5.74, 6) is 0. The van der Waals surface area contributed by atoms with Gasteiger partial charge in [-0.05, 0) is 84.2 Å². The smallest absolute Gasteiger partial charge is 0.00217 e. The normalized spacial score (nSPS) is 11.4. The molecule has 0 atom stereocenters. The van der Waals surface area contributed by atoms with Gasteiger partial charge in [0.2, 0.25) is 0 Å². The number of nitrogens with zero attached hydrogens (tertiary/aromatic N) is 2. The van der Waals surface area contributed by atoms with Crippen molar-refractivity contribution in [2.45, 2.75) is 25.7 Å². The Morgan fingerprint density at radius 3 is 2.17 bits per heavy atom. The van der Waals surface area contributed by atoms with E-state index in [9.17, 15) is 0 Å². The molecule has 0 amide bonds. The Morgan fingerprint density at radius 1 is 0.944 bits per heavy atom. The summed E-state index contributed by atoms with van der Waals surface area (Å²) in [5.41, 5.74) is 2.90. The van der Waals surface area contributed by atoms with Crippen molar-refractivity contribution < 1.29 is 0 Å². The summed E-state index contributed by atoms with van der Waals surface area (Å²) < 4.78 is 0. The molecule has 0 saturated heterocycles. The van der Waals surface area contributed by atoms with Crippen LogP contribution in [-0.4, -0.2) is 51.1 Å². The third kappa shape index (κ3) is 6.18. The highest BCUT2D eigenvalue weighted by Crippen LogP contribution is 2.13. The first kappa shape index (κ1) is 15.2. The minimum Gasteiger partial charge on any atom is -0.309 e. The third-order valence-corrected chi connectivity index (χ3v) is 3.12. The second-order valence-corrected chi connectivity index (χ2v) is 5.49. The molecule has 0 spiro atoms. The maximum Gasteiger partial charge on any atom is -0.00217 e. The van der Waals surface area contributed by atoms with Crippen LogP contribution >= 0.6 is 0 Å². The van der Waals surface area contributed by atoms with Gasteiger partial charge in [0, 0.05) is 0 Å². The minimum atomic E-state index is 1.15. The van der Waals surface area contributed by atoms with E-state index in [1.54, 1.807) is 0 Å². The lowest BCUT2D eigenvalue weighted by molar-refractivity contribution is 0.397. The Bertz CT molecular complexity index is 299. The molecule has 101 valence electrons. The van der Waals surface area contributed by atoms with Gasteiger partial charge in [0.1, 0.15) is 0 Å². The van der Waals surface area contributed by atoms with Crippen LogP contribution in [0.5, 0.6) is 0 Å². The summed E-state index contributed by atoms with van der Waals surface area (Å²) in [7, 11) is 8.53. The van der Waals surface area contributed by atoms with Gasteiger partial charge in [-0.25, -0.2) is 0 Å². The molecule has 0 aliphatic heterocycles. The molecular weight excluding hydrogens is 220 g/mol. The second kappa shape index (κ2) is 8.28. The van der Waals surface area contributed by atoms with Gasteiger partial charge in [0.15, 0.2) is 0 Å². The third-order valence-electron chi connectivity index (χ3n) is 3.12. The molecule has 0 aliphatic rings. The van der Waals surface area contributed by atoms with Gasteiger partial charge in [-0.3, -0.25) is 0 Å². The van der Waals surface area contributed by atoms with Crippen molar-refractivity contribution in [2.75, 3.05) is 41.3 Å². The van der Waals surface area contributed by atoms with Gasteiger partial charge in [-0.15, -0.1) is 0 Å². The van der Waals surface area contributed by atoms with Crippen LogP contribution in [-0.2, 0) is 12.8 Å². The van der Waals surface area contributed by atoms with E-state index in [0.29, 0.717) is 0 Å². The first-order valence-corrected chi connectivity index (χ1v) is 6.87. The number of hydrogen-bond acceptors (Lipinski definition) is 2. The van der Waals surface area contributed by atoms with Gasteiger partial charge in [0.05, 0.1) is 0 Å². The zero-order valence-corrected chi connectivity index (χ0v) is 12.4. The fourth-order valence-electron chi connectivity index (χ4n) is 2.13. The topological polar surface area (TPSA) is 6.48 Å². The number of hydrogen-bond donors (Lipinski definition) is 0. The fourth-order valence-corrected chi connectivity index (χ4v) is 2.13. The summed E-state index contributed by atoms with van der Waals surface area (Å²) in [5, 5.41) is 0. The monoisotopic (exact) mass is 247 g/mol. The summed E-state index contributed by atoms with van der Waals surface area (Å²) in [4.78, 5) is 4.49. The Balaban J connectivity index is 2.45. The van der Waals surface area contributed by atoms with E-state index in [1.165, 1.54) is 30.4 Å². The summed E-state index contributed by atoms with van der Waals surface area (Å²) >= 11 is 0. The zero-order chi connectivity index (χ0) is 13.4. The van der Waals surface area contributed by atoms with E-state index < -0.39 is 0 Å². The van der Waals surface area contributed by atoms with E-state index in [-0.39, 0.29) is 0 Å². The van der Waals surface area contributed by atoms with Crippen molar-refractivity contribution in [3.63, 3.8) is 0 Å². The molecule has 0 bridgehead atoms. The van der Waals surface area contributed by atoms with Gasteiger partial charge >= 0.3 is 0 Å². The van der Waals surface area contributed by atoms with Gasteiger partial charge in [-0.2, -0.15) is 0 Å². The largest absolute Gasteiger partial charge is 0.309 e. The lowest BCUT2D eigenvalue weighted by Gasteiger charge is -2.13. The molecule has 1 radical (unpaired) electrons. The second-order valence-electron chi connectivity index (χ2n) is 5.49. The molecule has 0 aliphatic carbocycles. The van der Waals surface area contributed by atoms with Crippen molar-refractivity contribution in [3.05, 3.63) is 35.4 Å². The van der Waals surface area contributed by atoms with Crippen LogP contribution in [0.4, 0.5) is 0 Å². The quantitative estimate of drug-likeness (QED) is 0.696. The van der Waals surface area contributed by atoms with Crippen molar-refractivity contribution in [2.24, 2.45) is 0 Å². The highest BCUT2D eigenvalue weighted by Gasteiger charge is 2.03. The van der Waals surface area contributed by atoms with Crippen LogP contribution < -0.4 is 0 Å². The van der Waals surface area contributed by atoms with Crippen LogP contribution in [0.2, 0.25) is 0 Å². The number of aryl methyl sites for hydroxylation is 2. The van der Waals surface area contributed by atoms with E-state index in [4.69, 9.17) is 0 Å². The maximum absolute atomic E-state index is 3.42. The zero-order valence-electron chi connectivity index (χ0n) is 12.4. The van der Waals surface area contributed by atoms with Crippen molar-refractivity contribution >= 4 is 0 Å². The average molecular weight is 247 g/mol. The highest BCUT2D eigenvalue weighted by molar-refractivity contribution is 5.26. The maximum atomic E-state index is 3.42. The van der Waals surface area contributed by atoms with Crippen molar-refractivity contribution in [1.82, 2.24) is 9.80 Å². The molecule has 1 aromatic rings. The molecule has 0 N–H and O–H groups in total. The van der Waals surface area contributed by atoms with Crippen LogP contribution in [0.25, 0.3) is 0 Å². The van der Waals surface area contributed by atoms with E-state index in [0.717, 1.165) is 19.5 Å². The molecule has 1 rings (SSSR count). The van der Waals surface area contributed by atoms with Gasteiger partial charge in [0.25, 0.3) is 0 Å². The van der Waals surface area contributed by atoms with Crippen LogP contribution in [0, 0.1) is 6.07 Å². The average Bonchev–Trinajstić information content (AvgIpc) is 2.30. The Labute approximate surface area is 113 Å². The van der Waals surface area contributed by atoms with Crippen LogP contribution in [0.1, 0.15) is 24.0 Å². The molecule has 2 heteroatoms. The molecular formula is C16H27N2. The van der Waals surface area contributed by atoms with Gasteiger partial charge < -0.3 is 9.80 Å². The van der Waals surface area contributed by atoms with E-state index in [1.807, 2.05) is 6.07 Å². The van der Waals surface area contributed by atoms with Crippen LogP contribution in [0.3, 0.4) is 0 Å². The molecule has 0 heterocycles. The SMILES string of the molecule is CN(C)CCCc1[c]cccc1CCCN(C)C. The molecule has 0 unspecified atom stereocenters. The highest BCUT2D eigenvalue weighted by atomic mass is 15.0. The van der Waals surface area contributed by atoms with Crippen LogP contribution in [0.15, 0.2) is 18.2 Å². The Morgan fingerprint density at radius 2 is 1.56 bits per heavy atom. The fraction of sp³-hybridized carbons (Fsp3) is 0.625. The molecule has 2 nitrogen and oxygen atoms in total. The lowest BCUT2D eigenvalue weighted by Crippen LogP contribution is -2.15. The minimum absolute atomic E-state index is 1.15. The predicted molar refractivity (Wildman–Crippen MR) is 79.0 cm³/mol. The van der Waals surface area contributed by atoms with Crippen molar-refractivity contribution in [1.29, 1.82) is 0 Å². The molecule has 1 aromatic carbocycles. The predicted octanol–water partition coefficient (Wildman–Crippen LogP) is 2.48. The summed E-state index contributed by atoms with van der Waals surface area (Å²) in [6.07, 6.45) is 4.77. The van der Waals surface area contributed by atoms with Crippen molar-refractivity contribution in [3.8, 4) is 0 Å². The summed E-state index contributed by atoms with van der Waals surface area (Å²) in [6.45, 7) is 2.31. The number of rotatable bonds is 8.